The Morgan fingerprint density at radius 1 is 1.35 bits per heavy atom. The van der Waals surface area contributed by atoms with E-state index in [4.69, 9.17) is 11.6 Å². The first kappa shape index (κ1) is 16.2. The number of rotatable bonds is 4. The van der Waals surface area contributed by atoms with Crippen molar-refractivity contribution in [3.8, 4) is 0 Å². The minimum absolute atomic E-state index is 0.0459. The fourth-order valence-corrected chi connectivity index (χ4v) is 5.36. The Hall–Kier alpha value is -0.210. The molecule has 0 unspecified atom stereocenters. The van der Waals surface area contributed by atoms with Gasteiger partial charge in [0.05, 0.1) is 11.3 Å². The van der Waals surface area contributed by atoms with Crippen molar-refractivity contribution in [3.63, 3.8) is 0 Å². The molecule has 114 valence electrons. The van der Waals surface area contributed by atoms with Crippen LogP contribution in [0.25, 0.3) is 0 Å². The third-order valence-corrected chi connectivity index (χ3v) is 6.87. The highest BCUT2D eigenvalue weighted by atomic mass is 35.5. The van der Waals surface area contributed by atoms with Crippen LogP contribution >= 0.6 is 22.9 Å². The Morgan fingerprint density at radius 2 is 1.95 bits per heavy atom. The first-order chi connectivity index (χ1) is 9.32. The fourth-order valence-electron chi connectivity index (χ4n) is 2.46. The molecule has 1 aromatic rings. The Morgan fingerprint density at radius 3 is 2.45 bits per heavy atom. The van der Waals surface area contributed by atoms with E-state index in [1.807, 2.05) is 0 Å². The van der Waals surface area contributed by atoms with Gasteiger partial charge in [0.1, 0.15) is 0 Å². The van der Waals surface area contributed by atoms with Gasteiger partial charge in [0.25, 0.3) is 10.0 Å². The fraction of sp³-hybridized carbons (Fsp3) is 0.750. The van der Waals surface area contributed by atoms with Gasteiger partial charge in [0, 0.05) is 6.54 Å². The summed E-state index contributed by atoms with van der Waals surface area (Å²) < 4.78 is 27.3. The van der Waals surface area contributed by atoms with E-state index in [-0.39, 0.29) is 15.2 Å². The van der Waals surface area contributed by atoms with Crippen LogP contribution in [-0.4, -0.2) is 30.7 Å². The zero-order chi connectivity index (χ0) is 14.8. The van der Waals surface area contributed by atoms with Crippen molar-refractivity contribution in [1.82, 2.24) is 9.71 Å². The molecule has 1 saturated carbocycles. The molecule has 1 fully saturated rings. The van der Waals surface area contributed by atoms with Crippen LogP contribution in [0.4, 0.5) is 0 Å². The second-order valence-electron chi connectivity index (χ2n) is 5.30. The van der Waals surface area contributed by atoms with Crippen LogP contribution in [0, 0.1) is 6.92 Å². The molecule has 5 nitrogen and oxygen atoms in total. The first-order valence-corrected chi connectivity index (χ1v) is 9.35. The molecular formula is C12H19ClN2O3S2. The van der Waals surface area contributed by atoms with Crippen LogP contribution in [0.15, 0.2) is 4.21 Å². The van der Waals surface area contributed by atoms with E-state index >= 15 is 0 Å². The van der Waals surface area contributed by atoms with Crippen LogP contribution < -0.4 is 4.72 Å². The van der Waals surface area contributed by atoms with E-state index in [1.54, 1.807) is 6.92 Å². The SMILES string of the molecule is Cc1nc(Cl)sc1S(=O)(=O)NCC1(O)CCCCCC1. The highest BCUT2D eigenvalue weighted by molar-refractivity contribution is 7.91. The molecule has 0 bridgehead atoms. The minimum Gasteiger partial charge on any atom is -0.389 e. The average molecular weight is 339 g/mol. The second kappa shape index (κ2) is 6.27. The van der Waals surface area contributed by atoms with Gasteiger partial charge in [0.15, 0.2) is 8.68 Å². The van der Waals surface area contributed by atoms with E-state index in [9.17, 15) is 13.5 Å². The van der Waals surface area contributed by atoms with Gasteiger partial charge in [-0.25, -0.2) is 18.1 Å². The smallest absolute Gasteiger partial charge is 0.252 e. The van der Waals surface area contributed by atoms with Gasteiger partial charge in [-0.3, -0.25) is 0 Å². The normalized spacial score (nSPS) is 19.8. The number of nitrogens with one attached hydrogen (secondary N) is 1. The summed E-state index contributed by atoms with van der Waals surface area (Å²) in [5, 5.41) is 10.5. The van der Waals surface area contributed by atoms with Crippen molar-refractivity contribution < 1.29 is 13.5 Å². The molecule has 0 radical (unpaired) electrons. The molecule has 1 aliphatic carbocycles. The van der Waals surface area contributed by atoms with Crippen molar-refractivity contribution in [1.29, 1.82) is 0 Å². The number of halogens is 1. The maximum absolute atomic E-state index is 12.2. The number of aromatic nitrogens is 1. The Labute approximate surface area is 128 Å². The lowest BCUT2D eigenvalue weighted by Crippen LogP contribution is -2.42. The summed E-state index contributed by atoms with van der Waals surface area (Å²) in [6, 6.07) is 0. The van der Waals surface area contributed by atoms with Crippen LogP contribution in [-0.2, 0) is 10.0 Å². The predicted octanol–water partition coefficient (Wildman–Crippen LogP) is 2.47. The van der Waals surface area contributed by atoms with Crippen LogP contribution in [0.3, 0.4) is 0 Å². The first-order valence-electron chi connectivity index (χ1n) is 6.67. The largest absolute Gasteiger partial charge is 0.389 e. The van der Waals surface area contributed by atoms with E-state index in [0.717, 1.165) is 37.0 Å². The lowest BCUT2D eigenvalue weighted by atomic mass is 9.95. The maximum atomic E-state index is 12.2. The third-order valence-electron chi connectivity index (χ3n) is 3.60. The highest BCUT2D eigenvalue weighted by Crippen LogP contribution is 2.29. The Bertz CT molecular complexity index is 563. The number of hydrogen-bond acceptors (Lipinski definition) is 5. The molecule has 0 aromatic carbocycles. The summed E-state index contributed by atoms with van der Waals surface area (Å²) in [6.45, 7) is 1.65. The lowest BCUT2D eigenvalue weighted by Gasteiger charge is -2.26. The topological polar surface area (TPSA) is 79.3 Å². The van der Waals surface area contributed by atoms with Crippen molar-refractivity contribution in [2.45, 2.75) is 55.3 Å². The molecule has 1 aromatic heterocycles. The predicted molar refractivity (Wildman–Crippen MR) is 79.7 cm³/mol. The zero-order valence-electron chi connectivity index (χ0n) is 11.4. The summed E-state index contributed by atoms with van der Waals surface area (Å²) in [6.07, 6.45) is 5.33. The summed E-state index contributed by atoms with van der Waals surface area (Å²) in [4.78, 5) is 3.91. The van der Waals surface area contributed by atoms with Crippen molar-refractivity contribution >= 4 is 33.0 Å². The molecule has 0 spiro atoms. The number of thiazole rings is 1. The van der Waals surface area contributed by atoms with Gasteiger partial charge >= 0.3 is 0 Å². The molecule has 1 heterocycles. The molecule has 0 amide bonds. The second-order valence-corrected chi connectivity index (χ2v) is 8.85. The quantitative estimate of drug-likeness (QED) is 0.826. The van der Waals surface area contributed by atoms with Gasteiger partial charge in [-0.15, -0.1) is 0 Å². The van der Waals surface area contributed by atoms with Gasteiger partial charge < -0.3 is 5.11 Å². The molecular weight excluding hydrogens is 320 g/mol. The standard InChI is InChI=1S/C12H19ClN2O3S2/c1-9-10(19-11(13)15-9)20(17,18)14-8-12(16)6-4-2-3-5-7-12/h14,16H,2-8H2,1H3. The molecule has 2 N–H and O–H groups in total. The van der Waals surface area contributed by atoms with Gasteiger partial charge in [-0.05, 0) is 19.8 Å². The number of sulfonamides is 1. The number of hydrogen-bond donors (Lipinski definition) is 2. The Kier molecular flexibility index (Phi) is 5.07. The molecule has 0 aliphatic heterocycles. The molecule has 2 rings (SSSR count). The molecule has 20 heavy (non-hydrogen) atoms. The van der Waals surface area contributed by atoms with Gasteiger partial charge in [0.2, 0.25) is 0 Å². The van der Waals surface area contributed by atoms with E-state index in [0.29, 0.717) is 18.5 Å². The monoisotopic (exact) mass is 338 g/mol. The van der Waals surface area contributed by atoms with Crippen LogP contribution in [0.2, 0.25) is 4.47 Å². The van der Waals surface area contributed by atoms with Crippen LogP contribution in [0.5, 0.6) is 0 Å². The van der Waals surface area contributed by atoms with Gasteiger partial charge in [-0.1, -0.05) is 48.6 Å². The van der Waals surface area contributed by atoms with E-state index in [2.05, 4.69) is 9.71 Å². The van der Waals surface area contributed by atoms with E-state index < -0.39 is 15.6 Å². The summed E-state index contributed by atoms with van der Waals surface area (Å²) in [5.74, 6) is 0. The average Bonchev–Trinajstić information content (AvgIpc) is 2.59. The minimum atomic E-state index is -3.66. The zero-order valence-corrected chi connectivity index (χ0v) is 13.7. The Balaban J connectivity index is 2.07. The maximum Gasteiger partial charge on any atom is 0.252 e. The highest BCUT2D eigenvalue weighted by Gasteiger charge is 2.31. The third kappa shape index (κ3) is 3.92. The van der Waals surface area contributed by atoms with Crippen molar-refractivity contribution in [2.24, 2.45) is 0 Å². The molecule has 1 aliphatic rings. The number of nitrogens with zero attached hydrogens (tertiary/aromatic N) is 1. The number of aryl methyl sites for hydroxylation is 1. The molecule has 0 atom stereocenters. The lowest BCUT2D eigenvalue weighted by molar-refractivity contribution is 0.0303. The summed E-state index contributed by atoms with van der Waals surface area (Å²) in [5.41, 5.74) is -0.549. The number of aliphatic hydroxyl groups is 1. The summed E-state index contributed by atoms with van der Waals surface area (Å²) >= 11 is 6.67. The molecule has 8 heteroatoms. The van der Waals surface area contributed by atoms with Crippen molar-refractivity contribution in [3.05, 3.63) is 10.2 Å². The van der Waals surface area contributed by atoms with Crippen molar-refractivity contribution in [2.75, 3.05) is 6.54 Å². The summed E-state index contributed by atoms with van der Waals surface area (Å²) in [7, 11) is -3.66. The van der Waals surface area contributed by atoms with Crippen LogP contribution in [0.1, 0.15) is 44.2 Å². The van der Waals surface area contributed by atoms with Gasteiger partial charge in [-0.2, -0.15) is 0 Å². The van der Waals surface area contributed by atoms with E-state index in [1.165, 1.54) is 0 Å². The molecule has 0 saturated heterocycles.